The van der Waals surface area contributed by atoms with Gasteiger partial charge in [-0.2, -0.15) is 0 Å². The van der Waals surface area contributed by atoms with E-state index in [9.17, 15) is 5.11 Å². The summed E-state index contributed by atoms with van der Waals surface area (Å²) in [6, 6.07) is 5.51. The molecule has 1 aliphatic heterocycles. The minimum absolute atomic E-state index is 0.435. The maximum Gasteiger partial charge on any atom is 0.135 e. The maximum absolute atomic E-state index is 10.3. The number of aliphatic hydroxyl groups is 1. The zero-order valence-electron chi connectivity index (χ0n) is 11.1. The zero-order chi connectivity index (χ0) is 13.2. The molecule has 0 aromatic heterocycles. The van der Waals surface area contributed by atoms with Gasteiger partial charge in [0.1, 0.15) is 17.1 Å². The molecule has 1 heterocycles. The molecular weight excluding hydrogens is 232 g/mol. The van der Waals surface area contributed by atoms with Crippen molar-refractivity contribution >= 4 is 0 Å². The summed E-state index contributed by atoms with van der Waals surface area (Å²) in [6.45, 7) is 2.52. The first-order valence-corrected chi connectivity index (χ1v) is 6.18. The van der Waals surface area contributed by atoms with Crippen molar-refractivity contribution in [1.82, 2.24) is 0 Å². The van der Waals surface area contributed by atoms with Gasteiger partial charge in [0, 0.05) is 19.1 Å². The van der Waals surface area contributed by atoms with E-state index in [0.29, 0.717) is 18.8 Å². The molecule has 1 aromatic carbocycles. The number of hydrogen-bond donors (Lipinski definition) is 1. The second-order valence-electron chi connectivity index (χ2n) is 4.70. The molecule has 0 amide bonds. The summed E-state index contributed by atoms with van der Waals surface area (Å²) in [6.07, 6.45) is 0.792. The van der Waals surface area contributed by atoms with Gasteiger partial charge in [0.05, 0.1) is 19.8 Å². The SMILES string of the molecule is CCC1(COC)CC(O)c2cc(OC)ccc2O1. The van der Waals surface area contributed by atoms with Crippen molar-refractivity contribution in [2.45, 2.75) is 31.5 Å². The molecular formula is C14H20O4. The van der Waals surface area contributed by atoms with Crippen LogP contribution in [-0.4, -0.2) is 31.5 Å². The highest BCUT2D eigenvalue weighted by molar-refractivity contribution is 5.43. The molecule has 0 saturated heterocycles. The number of ether oxygens (including phenoxy) is 3. The number of aliphatic hydroxyl groups excluding tert-OH is 1. The van der Waals surface area contributed by atoms with Crippen molar-refractivity contribution in [3.63, 3.8) is 0 Å². The summed E-state index contributed by atoms with van der Waals surface area (Å²) in [7, 11) is 3.26. The minimum atomic E-state index is -0.543. The van der Waals surface area contributed by atoms with E-state index in [-0.39, 0.29) is 0 Å². The van der Waals surface area contributed by atoms with E-state index in [4.69, 9.17) is 14.2 Å². The third kappa shape index (κ3) is 2.31. The number of hydrogen-bond acceptors (Lipinski definition) is 4. The van der Waals surface area contributed by atoms with Crippen LogP contribution in [0.5, 0.6) is 11.5 Å². The molecule has 2 rings (SSSR count). The molecule has 0 radical (unpaired) electrons. The van der Waals surface area contributed by atoms with E-state index in [2.05, 4.69) is 0 Å². The second-order valence-corrected chi connectivity index (χ2v) is 4.70. The first-order valence-electron chi connectivity index (χ1n) is 6.18. The number of methoxy groups -OCH3 is 2. The van der Waals surface area contributed by atoms with Crippen molar-refractivity contribution in [2.75, 3.05) is 20.8 Å². The van der Waals surface area contributed by atoms with Gasteiger partial charge < -0.3 is 19.3 Å². The average molecular weight is 252 g/mol. The molecule has 18 heavy (non-hydrogen) atoms. The summed E-state index contributed by atoms with van der Waals surface area (Å²) < 4.78 is 16.4. The van der Waals surface area contributed by atoms with Gasteiger partial charge in [0.25, 0.3) is 0 Å². The molecule has 0 saturated carbocycles. The Kier molecular flexibility index (Phi) is 3.78. The van der Waals surface area contributed by atoms with E-state index >= 15 is 0 Å². The third-order valence-corrected chi connectivity index (χ3v) is 3.52. The van der Waals surface area contributed by atoms with Gasteiger partial charge in [-0.05, 0) is 24.6 Å². The Morgan fingerprint density at radius 1 is 1.44 bits per heavy atom. The quantitative estimate of drug-likeness (QED) is 0.893. The predicted octanol–water partition coefficient (Wildman–Crippen LogP) is 2.31. The first-order chi connectivity index (χ1) is 8.64. The van der Waals surface area contributed by atoms with Crippen molar-refractivity contribution < 1.29 is 19.3 Å². The standard InChI is InChI=1S/C14H20O4/c1-4-14(9-16-2)8-12(15)11-7-10(17-3)5-6-13(11)18-14/h5-7,12,15H,4,8-9H2,1-3H3. The van der Waals surface area contributed by atoms with Crippen LogP contribution in [0.15, 0.2) is 18.2 Å². The highest BCUT2D eigenvalue weighted by atomic mass is 16.5. The van der Waals surface area contributed by atoms with Gasteiger partial charge in [-0.3, -0.25) is 0 Å². The highest BCUT2D eigenvalue weighted by Gasteiger charge is 2.39. The lowest BCUT2D eigenvalue weighted by molar-refractivity contribution is -0.0626. The first kappa shape index (κ1) is 13.2. The smallest absolute Gasteiger partial charge is 0.135 e. The molecule has 1 aliphatic rings. The van der Waals surface area contributed by atoms with Gasteiger partial charge in [0.15, 0.2) is 0 Å². The Bertz CT molecular complexity index is 418. The average Bonchev–Trinajstić information content (AvgIpc) is 2.39. The fraction of sp³-hybridized carbons (Fsp3) is 0.571. The van der Waals surface area contributed by atoms with Gasteiger partial charge >= 0.3 is 0 Å². The molecule has 2 unspecified atom stereocenters. The number of fused-ring (bicyclic) bond motifs is 1. The third-order valence-electron chi connectivity index (χ3n) is 3.52. The Hall–Kier alpha value is -1.26. The molecule has 4 heteroatoms. The van der Waals surface area contributed by atoms with Gasteiger partial charge in [-0.15, -0.1) is 0 Å². The lowest BCUT2D eigenvalue weighted by Gasteiger charge is -2.39. The second kappa shape index (κ2) is 5.16. The Morgan fingerprint density at radius 3 is 2.83 bits per heavy atom. The topological polar surface area (TPSA) is 47.9 Å². The molecule has 100 valence electrons. The van der Waals surface area contributed by atoms with E-state index in [1.807, 2.05) is 25.1 Å². The number of benzene rings is 1. The van der Waals surface area contributed by atoms with Crippen LogP contribution in [0, 0.1) is 0 Å². The van der Waals surface area contributed by atoms with Gasteiger partial charge in [0.2, 0.25) is 0 Å². The summed E-state index contributed by atoms with van der Waals surface area (Å²) in [5.41, 5.74) is 0.352. The molecule has 0 aliphatic carbocycles. The van der Waals surface area contributed by atoms with Crippen LogP contribution in [0.3, 0.4) is 0 Å². The van der Waals surface area contributed by atoms with E-state index in [1.54, 1.807) is 14.2 Å². The summed E-state index contributed by atoms with van der Waals surface area (Å²) in [5, 5.41) is 10.3. The van der Waals surface area contributed by atoms with Gasteiger partial charge in [-0.25, -0.2) is 0 Å². The highest BCUT2D eigenvalue weighted by Crippen LogP contribution is 2.42. The Morgan fingerprint density at radius 2 is 2.22 bits per heavy atom. The van der Waals surface area contributed by atoms with Crippen LogP contribution in [-0.2, 0) is 4.74 Å². The normalized spacial score (nSPS) is 26.3. The Balaban J connectivity index is 2.33. The van der Waals surface area contributed by atoms with Crippen LogP contribution in [0.1, 0.15) is 31.4 Å². The zero-order valence-corrected chi connectivity index (χ0v) is 11.1. The fourth-order valence-electron chi connectivity index (χ4n) is 2.41. The van der Waals surface area contributed by atoms with Crippen molar-refractivity contribution in [1.29, 1.82) is 0 Å². The van der Waals surface area contributed by atoms with Crippen LogP contribution in [0.4, 0.5) is 0 Å². The van der Waals surface area contributed by atoms with E-state index < -0.39 is 11.7 Å². The summed E-state index contributed by atoms with van der Waals surface area (Å²) in [5.74, 6) is 1.44. The number of rotatable bonds is 4. The van der Waals surface area contributed by atoms with Crippen molar-refractivity contribution in [3.8, 4) is 11.5 Å². The largest absolute Gasteiger partial charge is 0.497 e. The lowest BCUT2D eigenvalue weighted by Crippen LogP contribution is -2.44. The predicted molar refractivity (Wildman–Crippen MR) is 68.1 cm³/mol. The fourth-order valence-corrected chi connectivity index (χ4v) is 2.41. The molecule has 1 aromatic rings. The minimum Gasteiger partial charge on any atom is -0.497 e. The Labute approximate surface area is 107 Å². The molecule has 0 spiro atoms. The van der Waals surface area contributed by atoms with Crippen LogP contribution in [0.25, 0.3) is 0 Å². The molecule has 2 atom stereocenters. The lowest BCUT2D eigenvalue weighted by atomic mass is 9.87. The molecule has 0 fully saturated rings. The molecule has 1 N–H and O–H groups in total. The van der Waals surface area contributed by atoms with Crippen LogP contribution < -0.4 is 9.47 Å². The van der Waals surface area contributed by atoms with E-state index in [1.165, 1.54) is 0 Å². The van der Waals surface area contributed by atoms with Crippen LogP contribution >= 0.6 is 0 Å². The molecule has 0 bridgehead atoms. The maximum atomic E-state index is 10.3. The van der Waals surface area contributed by atoms with Crippen LogP contribution in [0.2, 0.25) is 0 Å². The van der Waals surface area contributed by atoms with E-state index in [0.717, 1.165) is 17.7 Å². The summed E-state index contributed by atoms with van der Waals surface area (Å²) >= 11 is 0. The van der Waals surface area contributed by atoms with Crippen molar-refractivity contribution in [2.24, 2.45) is 0 Å². The summed E-state index contributed by atoms with van der Waals surface area (Å²) in [4.78, 5) is 0. The van der Waals surface area contributed by atoms with Gasteiger partial charge in [-0.1, -0.05) is 6.92 Å². The van der Waals surface area contributed by atoms with Crippen molar-refractivity contribution in [3.05, 3.63) is 23.8 Å². The monoisotopic (exact) mass is 252 g/mol. The molecule has 4 nitrogen and oxygen atoms in total.